The fourth-order valence-corrected chi connectivity index (χ4v) is 1.78. The monoisotopic (exact) mass is 246 g/mol. The van der Waals surface area contributed by atoms with Crippen LogP contribution in [0, 0.1) is 0 Å². The second-order valence-corrected chi connectivity index (χ2v) is 4.19. The van der Waals surface area contributed by atoms with Gasteiger partial charge in [-0.1, -0.05) is 6.92 Å². The van der Waals surface area contributed by atoms with Crippen LogP contribution >= 0.6 is 0 Å². The maximum absolute atomic E-state index is 9.56. The predicted octanol–water partition coefficient (Wildman–Crippen LogP) is 2.43. The molecule has 0 saturated heterocycles. The lowest BCUT2D eigenvalue weighted by molar-refractivity contribution is 0.183. The molecule has 0 aliphatic rings. The van der Waals surface area contributed by atoms with Gasteiger partial charge in [0.05, 0.1) is 13.2 Å². The van der Waals surface area contributed by atoms with E-state index in [2.05, 4.69) is 10.3 Å². The number of pyridine rings is 1. The number of fused-ring (bicyclic) bond motifs is 1. The Kier molecular flexibility index (Phi) is 3.99. The maximum atomic E-state index is 9.56. The molecular formula is C14H18N2O2. The normalized spacial score (nSPS) is 12.4. The van der Waals surface area contributed by atoms with Crippen molar-refractivity contribution >= 4 is 16.6 Å². The number of anilines is 1. The molecule has 1 atom stereocenters. The minimum Gasteiger partial charge on any atom is -0.497 e. The molecule has 18 heavy (non-hydrogen) atoms. The third-order valence-electron chi connectivity index (χ3n) is 2.95. The first-order valence-corrected chi connectivity index (χ1v) is 6.09. The molecule has 2 aromatic rings. The summed E-state index contributed by atoms with van der Waals surface area (Å²) < 4.78 is 5.20. The fourth-order valence-electron chi connectivity index (χ4n) is 1.78. The Labute approximate surface area is 107 Å². The molecule has 2 rings (SSSR count). The number of methoxy groups -OCH3 is 1. The van der Waals surface area contributed by atoms with E-state index in [0.717, 1.165) is 28.8 Å². The van der Waals surface area contributed by atoms with E-state index < -0.39 is 0 Å². The Bertz CT molecular complexity index is 528. The van der Waals surface area contributed by atoms with E-state index in [1.54, 1.807) is 13.3 Å². The van der Waals surface area contributed by atoms with Crippen LogP contribution in [0.2, 0.25) is 0 Å². The molecule has 96 valence electrons. The largest absolute Gasteiger partial charge is 0.497 e. The van der Waals surface area contributed by atoms with Crippen LogP contribution in [0.4, 0.5) is 5.82 Å². The van der Waals surface area contributed by atoms with E-state index in [9.17, 15) is 5.11 Å². The number of aliphatic hydroxyl groups excluding tert-OH is 1. The van der Waals surface area contributed by atoms with Gasteiger partial charge in [0.1, 0.15) is 11.6 Å². The number of nitrogens with zero attached hydrogens (tertiary/aromatic N) is 1. The number of aliphatic hydroxyl groups is 1. The smallest absolute Gasteiger partial charge is 0.133 e. The number of nitrogens with one attached hydrogen (secondary N) is 1. The molecule has 0 radical (unpaired) electrons. The molecule has 1 heterocycles. The van der Waals surface area contributed by atoms with Crippen LogP contribution in [0.3, 0.4) is 0 Å². The average Bonchev–Trinajstić information content (AvgIpc) is 2.43. The molecule has 0 spiro atoms. The van der Waals surface area contributed by atoms with Gasteiger partial charge in [-0.25, -0.2) is 4.98 Å². The number of aromatic nitrogens is 1. The van der Waals surface area contributed by atoms with E-state index in [1.807, 2.05) is 31.2 Å². The van der Waals surface area contributed by atoms with Crippen molar-refractivity contribution in [2.24, 2.45) is 0 Å². The topological polar surface area (TPSA) is 54.4 Å². The lowest BCUT2D eigenvalue weighted by Gasteiger charge is -2.12. The molecule has 0 aliphatic carbocycles. The van der Waals surface area contributed by atoms with Gasteiger partial charge >= 0.3 is 0 Å². The molecule has 4 nitrogen and oxygen atoms in total. The van der Waals surface area contributed by atoms with E-state index in [-0.39, 0.29) is 6.10 Å². The minimum absolute atomic E-state index is 0.347. The lowest BCUT2D eigenvalue weighted by atomic mass is 10.1. The molecular weight excluding hydrogens is 228 g/mol. The Morgan fingerprint density at radius 3 is 2.94 bits per heavy atom. The van der Waals surface area contributed by atoms with Gasteiger partial charge in [-0.3, -0.25) is 0 Å². The van der Waals surface area contributed by atoms with Crippen LogP contribution < -0.4 is 10.1 Å². The first-order valence-electron chi connectivity index (χ1n) is 6.09. The molecule has 0 bridgehead atoms. The van der Waals surface area contributed by atoms with Crippen LogP contribution in [0.5, 0.6) is 5.75 Å². The summed E-state index contributed by atoms with van der Waals surface area (Å²) in [6.07, 6.45) is 2.13. The van der Waals surface area contributed by atoms with E-state index >= 15 is 0 Å². The van der Waals surface area contributed by atoms with Crippen LogP contribution in [0.15, 0.2) is 30.5 Å². The summed E-state index contributed by atoms with van der Waals surface area (Å²) in [4.78, 5) is 4.31. The molecule has 0 aliphatic heterocycles. The van der Waals surface area contributed by atoms with Crippen molar-refractivity contribution in [3.8, 4) is 5.75 Å². The van der Waals surface area contributed by atoms with Crippen molar-refractivity contribution in [1.82, 2.24) is 4.98 Å². The molecule has 0 saturated carbocycles. The number of ether oxygens (including phenoxy) is 1. The molecule has 2 N–H and O–H groups in total. The molecule has 1 unspecified atom stereocenters. The van der Waals surface area contributed by atoms with Crippen LogP contribution in [-0.4, -0.2) is 29.8 Å². The molecule has 0 amide bonds. The van der Waals surface area contributed by atoms with Crippen molar-refractivity contribution in [1.29, 1.82) is 0 Å². The van der Waals surface area contributed by atoms with Gasteiger partial charge in [0.2, 0.25) is 0 Å². The highest BCUT2D eigenvalue weighted by atomic mass is 16.5. The summed E-state index contributed by atoms with van der Waals surface area (Å²) in [5.41, 5.74) is 0. The molecule has 0 fully saturated rings. The average molecular weight is 246 g/mol. The lowest BCUT2D eigenvalue weighted by Crippen LogP contribution is -2.18. The van der Waals surface area contributed by atoms with Crippen LogP contribution in [0.1, 0.15) is 13.3 Å². The Balaban J connectivity index is 2.28. The van der Waals surface area contributed by atoms with Crippen molar-refractivity contribution in [2.75, 3.05) is 19.0 Å². The van der Waals surface area contributed by atoms with Crippen LogP contribution in [0.25, 0.3) is 10.8 Å². The van der Waals surface area contributed by atoms with Crippen LogP contribution in [-0.2, 0) is 0 Å². The molecule has 1 aromatic carbocycles. The first kappa shape index (κ1) is 12.6. The number of hydrogen-bond acceptors (Lipinski definition) is 4. The van der Waals surface area contributed by atoms with Crippen molar-refractivity contribution in [3.63, 3.8) is 0 Å². The first-order chi connectivity index (χ1) is 8.74. The minimum atomic E-state index is -0.347. The molecule has 4 heteroatoms. The van der Waals surface area contributed by atoms with Gasteiger partial charge in [0, 0.05) is 18.1 Å². The van der Waals surface area contributed by atoms with Gasteiger partial charge in [0.25, 0.3) is 0 Å². The van der Waals surface area contributed by atoms with Gasteiger partial charge in [-0.2, -0.15) is 0 Å². The van der Waals surface area contributed by atoms with E-state index in [0.29, 0.717) is 6.54 Å². The van der Waals surface area contributed by atoms with Crippen molar-refractivity contribution in [2.45, 2.75) is 19.4 Å². The summed E-state index contributed by atoms with van der Waals surface area (Å²) >= 11 is 0. The summed E-state index contributed by atoms with van der Waals surface area (Å²) in [5, 5.41) is 14.8. The van der Waals surface area contributed by atoms with E-state index in [1.165, 1.54) is 0 Å². The predicted molar refractivity (Wildman–Crippen MR) is 73.1 cm³/mol. The van der Waals surface area contributed by atoms with E-state index in [4.69, 9.17) is 4.74 Å². The van der Waals surface area contributed by atoms with Crippen molar-refractivity contribution in [3.05, 3.63) is 30.5 Å². The number of rotatable bonds is 5. The number of benzene rings is 1. The Morgan fingerprint density at radius 2 is 2.22 bits per heavy atom. The summed E-state index contributed by atoms with van der Waals surface area (Å²) in [7, 11) is 1.65. The third kappa shape index (κ3) is 2.71. The summed E-state index contributed by atoms with van der Waals surface area (Å²) in [6.45, 7) is 2.46. The van der Waals surface area contributed by atoms with Crippen molar-refractivity contribution < 1.29 is 9.84 Å². The SMILES string of the molecule is CCC(O)CNc1nccc2cc(OC)ccc12. The maximum Gasteiger partial charge on any atom is 0.133 e. The quantitative estimate of drug-likeness (QED) is 0.850. The zero-order valence-corrected chi connectivity index (χ0v) is 10.7. The van der Waals surface area contributed by atoms with Gasteiger partial charge in [-0.15, -0.1) is 0 Å². The zero-order valence-electron chi connectivity index (χ0n) is 10.7. The highest BCUT2D eigenvalue weighted by Gasteiger charge is 2.05. The Morgan fingerprint density at radius 1 is 1.39 bits per heavy atom. The molecule has 1 aromatic heterocycles. The second kappa shape index (κ2) is 5.69. The summed E-state index contributed by atoms with van der Waals surface area (Å²) in [5.74, 6) is 1.62. The Hall–Kier alpha value is -1.81. The highest BCUT2D eigenvalue weighted by molar-refractivity contribution is 5.92. The van der Waals surface area contributed by atoms with Gasteiger partial charge in [0.15, 0.2) is 0 Å². The third-order valence-corrected chi connectivity index (χ3v) is 2.95. The zero-order chi connectivity index (χ0) is 13.0. The van der Waals surface area contributed by atoms with Gasteiger partial charge in [-0.05, 0) is 36.1 Å². The highest BCUT2D eigenvalue weighted by Crippen LogP contribution is 2.25. The fraction of sp³-hybridized carbons (Fsp3) is 0.357. The summed E-state index contributed by atoms with van der Waals surface area (Å²) in [6, 6.07) is 7.80. The second-order valence-electron chi connectivity index (χ2n) is 4.19. The number of hydrogen-bond donors (Lipinski definition) is 2. The van der Waals surface area contributed by atoms with Gasteiger partial charge < -0.3 is 15.2 Å². The standard InChI is InChI=1S/C14H18N2O2/c1-3-11(17)9-16-14-13-5-4-12(18-2)8-10(13)6-7-15-14/h4-8,11,17H,3,9H2,1-2H3,(H,15,16).